The van der Waals surface area contributed by atoms with Crippen LogP contribution >= 0.6 is 11.3 Å². The lowest BCUT2D eigenvalue weighted by Gasteiger charge is -2.16. The van der Waals surface area contributed by atoms with Crippen molar-refractivity contribution in [2.24, 2.45) is 17.8 Å². The molecule has 0 radical (unpaired) electrons. The average molecular weight is 314 g/mol. The Hall–Kier alpha value is -0.430. The standard InChI is InChI=1S/C14H22N2O2S2/c1-15-9-13-14(6-7-19-13)20(17,18)16-8-12(10-2-3-10)11-4-5-11/h6-7,10-12,15-16H,2-5,8-9H2,1H3. The zero-order valence-electron chi connectivity index (χ0n) is 11.8. The molecule has 20 heavy (non-hydrogen) atoms. The Labute approximate surface area is 125 Å². The highest BCUT2D eigenvalue weighted by Crippen LogP contribution is 2.48. The first-order valence-electron chi connectivity index (χ1n) is 7.32. The van der Waals surface area contributed by atoms with Crippen LogP contribution in [0.5, 0.6) is 0 Å². The molecule has 1 aromatic rings. The molecule has 0 aliphatic heterocycles. The summed E-state index contributed by atoms with van der Waals surface area (Å²) in [5.74, 6) is 2.10. The topological polar surface area (TPSA) is 58.2 Å². The predicted molar refractivity (Wildman–Crippen MR) is 81.2 cm³/mol. The molecule has 0 bridgehead atoms. The Balaban J connectivity index is 1.66. The van der Waals surface area contributed by atoms with Crippen LogP contribution in [0.15, 0.2) is 16.3 Å². The molecular weight excluding hydrogens is 292 g/mol. The lowest BCUT2D eigenvalue weighted by molar-refractivity contribution is 0.401. The van der Waals surface area contributed by atoms with Crippen molar-refractivity contribution in [2.75, 3.05) is 13.6 Å². The van der Waals surface area contributed by atoms with E-state index in [-0.39, 0.29) is 0 Å². The summed E-state index contributed by atoms with van der Waals surface area (Å²) in [7, 11) is -1.52. The molecule has 2 saturated carbocycles. The van der Waals surface area contributed by atoms with Gasteiger partial charge in [0, 0.05) is 18.0 Å². The Morgan fingerprint density at radius 3 is 2.50 bits per heavy atom. The van der Waals surface area contributed by atoms with Gasteiger partial charge in [-0.15, -0.1) is 11.3 Å². The van der Waals surface area contributed by atoms with E-state index < -0.39 is 10.0 Å². The molecule has 2 N–H and O–H groups in total. The summed E-state index contributed by atoms with van der Waals surface area (Å²) in [5, 5.41) is 4.87. The quantitative estimate of drug-likeness (QED) is 0.773. The third-order valence-corrected chi connectivity index (χ3v) is 6.85. The zero-order chi connectivity index (χ0) is 14.2. The second-order valence-corrected chi connectivity index (χ2v) is 8.67. The molecule has 112 valence electrons. The molecule has 0 amide bonds. The van der Waals surface area contributed by atoms with E-state index in [1.54, 1.807) is 6.07 Å². The van der Waals surface area contributed by atoms with Crippen molar-refractivity contribution >= 4 is 21.4 Å². The van der Waals surface area contributed by atoms with Crippen molar-refractivity contribution in [2.45, 2.75) is 37.1 Å². The van der Waals surface area contributed by atoms with Crippen molar-refractivity contribution < 1.29 is 8.42 Å². The highest BCUT2D eigenvalue weighted by Gasteiger charge is 2.41. The number of thiophene rings is 1. The predicted octanol–water partition coefficient (Wildman–Crippen LogP) is 2.18. The van der Waals surface area contributed by atoms with Gasteiger partial charge < -0.3 is 5.32 Å². The Bertz CT molecular complexity index is 547. The van der Waals surface area contributed by atoms with E-state index in [0.717, 1.165) is 16.7 Å². The number of nitrogens with one attached hydrogen (secondary N) is 2. The Kier molecular flexibility index (Phi) is 4.17. The van der Waals surface area contributed by atoms with Crippen LogP contribution in [0.1, 0.15) is 30.6 Å². The molecule has 6 heteroatoms. The number of rotatable bonds is 8. The third kappa shape index (κ3) is 3.24. The van der Waals surface area contributed by atoms with Crippen molar-refractivity contribution in [1.29, 1.82) is 0 Å². The van der Waals surface area contributed by atoms with Crippen LogP contribution < -0.4 is 10.0 Å². The van der Waals surface area contributed by atoms with Crippen LogP contribution in [0.4, 0.5) is 0 Å². The molecule has 1 heterocycles. The van der Waals surface area contributed by atoms with Crippen LogP contribution in [-0.4, -0.2) is 22.0 Å². The van der Waals surface area contributed by atoms with Crippen molar-refractivity contribution in [3.05, 3.63) is 16.3 Å². The normalized spacial score (nSPS) is 19.7. The SMILES string of the molecule is CNCc1sccc1S(=O)(=O)NCC(C1CC1)C1CC1. The van der Waals surface area contributed by atoms with Crippen LogP contribution in [0.2, 0.25) is 0 Å². The minimum Gasteiger partial charge on any atom is -0.315 e. The molecule has 0 spiro atoms. The van der Waals surface area contributed by atoms with Crippen molar-refractivity contribution in [1.82, 2.24) is 10.0 Å². The second-order valence-electron chi connectivity index (χ2n) is 5.93. The molecular formula is C14H22N2O2S2. The van der Waals surface area contributed by atoms with Gasteiger partial charge in [0.1, 0.15) is 0 Å². The molecule has 0 saturated heterocycles. The molecule has 1 aromatic heterocycles. The maximum absolute atomic E-state index is 12.4. The van der Waals surface area contributed by atoms with E-state index >= 15 is 0 Å². The molecule has 0 atom stereocenters. The number of hydrogen-bond acceptors (Lipinski definition) is 4. The minimum absolute atomic E-state index is 0.446. The van der Waals surface area contributed by atoms with Gasteiger partial charge in [-0.3, -0.25) is 0 Å². The van der Waals surface area contributed by atoms with Gasteiger partial charge >= 0.3 is 0 Å². The fourth-order valence-corrected chi connectivity index (χ4v) is 5.43. The fraction of sp³-hybridized carbons (Fsp3) is 0.714. The van der Waals surface area contributed by atoms with Gasteiger partial charge in [-0.2, -0.15) is 0 Å². The molecule has 2 aliphatic rings. The Morgan fingerprint density at radius 1 is 1.30 bits per heavy atom. The highest BCUT2D eigenvalue weighted by molar-refractivity contribution is 7.89. The minimum atomic E-state index is -3.36. The lowest BCUT2D eigenvalue weighted by atomic mass is 9.99. The van der Waals surface area contributed by atoms with Gasteiger partial charge in [0.2, 0.25) is 10.0 Å². The van der Waals surface area contributed by atoms with Gasteiger partial charge in [0.25, 0.3) is 0 Å². The van der Waals surface area contributed by atoms with Crippen molar-refractivity contribution in [3.63, 3.8) is 0 Å². The first-order chi connectivity index (χ1) is 9.62. The first kappa shape index (κ1) is 14.5. The van der Waals surface area contributed by atoms with Crippen LogP contribution in [0, 0.1) is 17.8 Å². The zero-order valence-corrected chi connectivity index (χ0v) is 13.4. The summed E-state index contributed by atoms with van der Waals surface area (Å²) < 4.78 is 27.7. The largest absolute Gasteiger partial charge is 0.315 e. The summed E-state index contributed by atoms with van der Waals surface area (Å²) in [6, 6.07) is 1.71. The summed E-state index contributed by atoms with van der Waals surface area (Å²) in [5.41, 5.74) is 0. The monoisotopic (exact) mass is 314 g/mol. The third-order valence-electron chi connectivity index (χ3n) is 4.30. The van der Waals surface area contributed by atoms with Crippen molar-refractivity contribution in [3.8, 4) is 0 Å². The average Bonchev–Trinajstić information content (AvgIpc) is 3.32. The molecule has 2 fully saturated rings. The van der Waals surface area contributed by atoms with E-state index in [1.165, 1.54) is 37.0 Å². The van der Waals surface area contributed by atoms with Crippen LogP contribution in [0.25, 0.3) is 0 Å². The number of hydrogen-bond donors (Lipinski definition) is 2. The van der Waals surface area contributed by atoms with Gasteiger partial charge in [-0.05, 0) is 61.9 Å². The summed E-state index contributed by atoms with van der Waals surface area (Å²) >= 11 is 1.49. The van der Waals surface area contributed by atoms with E-state index in [4.69, 9.17) is 0 Å². The lowest BCUT2D eigenvalue weighted by Crippen LogP contribution is -2.31. The van der Waals surface area contributed by atoms with Crippen LogP contribution in [-0.2, 0) is 16.6 Å². The summed E-state index contributed by atoms with van der Waals surface area (Å²) in [4.78, 5) is 1.33. The van der Waals surface area contributed by atoms with E-state index in [2.05, 4.69) is 10.0 Å². The molecule has 2 aliphatic carbocycles. The fourth-order valence-electron chi connectivity index (χ4n) is 2.91. The van der Waals surface area contributed by atoms with Crippen LogP contribution in [0.3, 0.4) is 0 Å². The molecule has 3 rings (SSSR count). The smallest absolute Gasteiger partial charge is 0.241 e. The van der Waals surface area contributed by atoms with Gasteiger partial charge in [-0.1, -0.05) is 0 Å². The maximum Gasteiger partial charge on any atom is 0.241 e. The van der Waals surface area contributed by atoms with E-state index in [0.29, 0.717) is 23.9 Å². The summed E-state index contributed by atoms with van der Waals surface area (Å²) in [6.45, 7) is 1.22. The molecule has 4 nitrogen and oxygen atoms in total. The van der Waals surface area contributed by atoms with E-state index in [1.807, 2.05) is 12.4 Å². The maximum atomic E-state index is 12.4. The van der Waals surface area contributed by atoms with E-state index in [9.17, 15) is 8.42 Å². The first-order valence-corrected chi connectivity index (χ1v) is 9.68. The molecule has 0 aromatic carbocycles. The summed E-state index contributed by atoms with van der Waals surface area (Å²) in [6.07, 6.45) is 5.14. The van der Waals surface area contributed by atoms with Gasteiger partial charge in [0.05, 0.1) is 4.90 Å². The second kappa shape index (κ2) is 5.75. The highest BCUT2D eigenvalue weighted by atomic mass is 32.2. The molecule has 0 unspecified atom stereocenters. The van der Waals surface area contributed by atoms with Gasteiger partial charge in [0.15, 0.2) is 0 Å². The van der Waals surface area contributed by atoms with Gasteiger partial charge in [-0.25, -0.2) is 13.1 Å². The number of sulfonamides is 1. The Morgan fingerprint density at radius 2 is 1.95 bits per heavy atom.